The van der Waals surface area contributed by atoms with E-state index in [0.717, 1.165) is 29.8 Å². The van der Waals surface area contributed by atoms with E-state index in [9.17, 15) is 4.79 Å². The molecule has 0 unspecified atom stereocenters. The standard InChI is InChI=1S/C24H27N7O2S/c1-4-18-7-6-8-19(5-2)23(18)31-24(27-28-29-31)34-16-22(32)26-21-13-14-25-30(21)15-17-9-11-20(33-3)12-10-17/h6-14H,4-5,15-16H2,1-3H3,(H,26,32). The van der Waals surface area contributed by atoms with Gasteiger partial charge in [-0.3, -0.25) is 4.79 Å². The van der Waals surface area contributed by atoms with Crippen LogP contribution in [0.4, 0.5) is 5.82 Å². The molecule has 2 aromatic carbocycles. The summed E-state index contributed by atoms with van der Waals surface area (Å²) in [5.74, 6) is 1.44. The van der Waals surface area contributed by atoms with Crippen molar-refractivity contribution in [2.24, 2.45) is 0 Å². The van der Waals surface area contributed by atoms with Crippen LogP contribution >= 0.6 is 11.8 Å². The van der Waals surface area contributed by atoms with E-state index in [4.69, 9.17) is 4.74 Å². The molecular formula is C24H27N7O2S. The number of aryl methyl sites for hydroxylation is 2. The molecule has 2 heterocycles. The van der Waals surface area contributed by atoms with Crippen molar-refractivity contribution in [3.05, 3.63) is 71.4 Å². The number of carbonyl (C=O) groups excluding carboxylic acids is 1. The van der Waals surface area contributed by atoms with E-state index in [1.54, 1.807) is 28.7 Å². The number of anilines is 1. The number of thioether (sulfide) groups is 1. The molecule has 0 atom stereocenters. The van der Waals surface area contributed by atoms with Gasteiger partial charge in [0.1, 0.15) is 11.6 Å². The Labute approximate surface area is 202 Å². The van der Waals surface area contributed by atoms with Gasteiger partial charge in [0.05, 0.1) is 31.3 Å². The van der Waals surface area contributed by atoms with Gasteiger partial charge in [-0.1, -0.05) is 55.9 Å². The minimum Gasteiger partial charge on any atom is -0.497 e. The first-order valence-electron chi connectivity index (χ1n) is 11.1. The summed E-state index contributed by atoms with van der Waals surface area (Å²) in [4.78, 5) is 12.7. The third-order valence-corrected chi connectivity index (χ3v) is 6.34. The third-order valence-electron chi connectivity index (χ3n) is 5.43. The number of amides is 1. The highest BCUT2D eigenvalue weighted by atomic mass is 32.2. The van der Waals surface area contributed by atoms with Crippen molar-refractivity contribution in [3.63, 3.8) is 0 Å². The number of carbonyl (C=O) groups is 1. The molecule has 4 rings (SSSR count). The molecule has 0 aliphatic carbocycles. The monoisotopic (exact) mass is 477 g/mol. The minimum atomic E-state index is -0.157. The number of hydrogen-bond donors (Lipinski definition) is 1. The Bertz CT molecular complexity index is 1230. The minimum absolute atomic E-state index is 0.157. The van der Waals surface area contributed by atoms with Gasteiger partial charge in [0.25, 0.3) is 0 Å². The van der Waals surface area contributed by atoms with Crippen molar-refractivity contribution in [2.75, 3.05) is 18.2 Å². The molecule has 176 valence electrons. The first kappa shape index (κ1) is 23.5. The summed E-state index contributed by atoms with van der Waals surface area (Å²) in [5.41, 5.74) is 4.38. The Hall–Kier alpha value is -3.66. The second-order valence-corrected chi connectivity index (χ2v) is 8.51. The SMILES string of the molecule is CCc1cccc(CC)c1-n1nnnc1SCC(=O)Nc1ccnn1Cc1ccc(OC)cc1. The summed E-state index contributed by atoms with van der Waals surface area (Å²) in [7, 11) is 1.64. The predicted molar refractivity (Wildman–Crippen MR) is 132 cm³/mol. The molecule has 10 heteroatoms. The summed E-state index contributed by atoms with van der Waals surface area (Å²) < 4.78 is 8.69. The number of nitrogens with zero attached hydrogens (tertiary/aromatic N) is 6. The predicted octanol–water partition coefficient (Wildman–Crippen LogP) is 3.77. The van der Waals surface area contributed by atoms with Gasteiger partial charge >= 0.3 is 0 Å². The van der Waals surface area contributed by atoms with Crippen LogP contribution in [0.5, 0.6) is 5.75 Å². The molecule has 0 aliphatic heterocycles. The van der Waals surface area contributed by atoms with Gasteiger partial charge in [0.15, 0.2) is 0 Å². The van der Waals surface area contributed by atoms with Gasteiger partial charge < -0.3 is 10.1 Å². The number of methoxy groups -OCH3 is 1. The van der Waals surface area contributed by atoms with Crippen molar-refractivity contribution in [1.82, 2.24) is 30.0 Å². The summed E-state index contributed by atoms with van der Waals surface area (Å²) >= 11 is 1.30. The van der Waals surface area contributed by atoms with Gasteiger partial charge in [-0.15, -0.1) is 5.10 Å². The molecule has 0 saturated carbocycles. The van der Waals surface area contributed by atoms with Crippen LogP contribution in [0, 0.1) is 0 Å². The number of hydrogen-bond acceptors (Lipinski definition) is 7. The molecule has 0 bridgehead atoms. The first-order valence-corrected chi connectivity index (χ1v) is 12.1. The van der Waals surface area contributed by atoms with Crippen molar-refractivity contribution >= 4 is 23.5 Å². The van der Waals surface area contributed by atoms with Crippen LogP contribution in [0.1, 0.15) is 30.5 Å². The van der Waals surface area contributed by atoms with E-state index in [-0.39, 0.29) is 11.7 Å². The molecule has 0 spiro atoms. The van der Waals surface area contributed by atoms with Gasteiger partial charge in [-0.25, -0.2) is 4.68 Å². The van der Waals surface area contributed by atoms with E-state index < -0.39 is 0 Å². The average Bonchev–Trinajstić information content (AvgIpc) is 3.51. The number of nitrogens with one attached hydrogen (secondary N) is 1. The molecule has 1 amide bonds. The van der Waals surface area contributed by atoms with Crippen molar-refractivity contribution in [3.8, 4) is 11.4 Å². The fourth-order valence-electron chi connectivity index (χ4n) is 3.67. The largest absolute Gasteiger partial charge is 0.497 e. The summed E-state index contributed by atoms with van der Waals surface area (Å²) in [5, 5.41) is 20.1. The summed E-state index contributed by atoms with van der Waals surface area (Å²) in [6, 6.07) is 15.8. The Morgan fingerprint density at radius 3 is 2.47 bits per heavy atom. The second-order valence-electron chi connectivity index (χ2n) is 7.56. The molecule has 0 fully saturated rings. The highest BCUT2D eigenvalue weighted by Crippen LogP contribution is 2.25. The van der Waals surface area contributed by atoms with Gasteiger partial charge in [-0.2, -0.15) is 9.78 Å². The van der Waals surface area contributed by atoms with Crippen LogP contribution in [-0.2, 0) is 24.2 Å². The highest BCUT2D eigenvalue weighted by molar-refractivity contribution is 7.99. The quantitative estimate of drug-likeness (QED) is 0.347. The zero-order valence-electron chi connectivity index (χ0n) is 19.4. The lowest BCUT2D eigenvalue weighted by molar-refractivity contribution is -0.113. The first-order chi connectivity index (χ1) is 16.6. The Balaban J connectivity index is 1.42. The average molecular weight is 478 g/mol. The van der Waals surface area contributed by atoms with Gasteiger partial charge in [0, 0.05) is 6.07 Å². The van der Waals surface area contributed by atoms with E-state index in [1.165, 1.54) is 22.9 Å². The topological polar surface area (TPSA) is 99.8 Å². The Kier molecular flexibility index (Phi) is 7.58. The maximum atomic E-state index is 12.7. The molecular weight excluding hydrogens is 450 g/mol. The van der Waals surface area contributed by atoms with Crippen molar-refractivity contribution in [2.45, 2.75) is 38.4 Å². The molecule has 0 radical (unpaired) electrons. The maximum absolute atomic E-state index is 12.7. The van der Waals surface area contributed by atoms with E-state index in [1.807, 2.05) is 24.3 Å². The van der Waals surface area contributed by atoms with Gasteiger partial charge in [0.2, 0.25) is 11.1 Å². The number of aromatic nitrogens is 6. The number of tetrazole rings is 1. The maximum Gasteiger partial charge on any atom is 0.235 e. The third kappa shape index (κ3) is 5.28. The summed E-state index contributed by atoms with van der Waals surface area (Å²) in [6.45, 7) is 4.75. The van der Waals surface area contributed by atoms with Crippen LogP contribution in [-0.4, -0.2) is 48.8 Å². The molecule has 34 heavy (non-hydrogen) atoms. The van der Waals surface area contributed by atoms with Gasteiger partial charge in [-0.05, 0) is 52.1 Å². The van der Waals surface area contributed by atoms with Crippen molar-refractivity contribution in [1.29, 1.82) is 0 Å². The Morgan fingerprint density at radius 1 is 1.06 bits per heavy atom. The fraction of sp³-hybridized carbons (Fsp3) is 0.292. The number of para-hydroxylation sites is 1. The molecule has 0 saturated heterocycles. The summed E-state index contributed by atoms with van der Waals surface area (Å²) in [6.07, 6.45) is 3.40. The van der Waals surface area contributed by atoms with E-state index in [2.05, 4.69) is 58.0 Å². The molecule has 9 nitrogen and oxygen atoms in total. The molecule has 2 aromatic heterocycles. The normalized spacial score (nSPS) is 10.9. The zero-order chi connectivity index (χ0) is 23.9. The number of rotatable bonds is 10. The zero-order valence-corrected chi connectivity index (χ0v) is 20.2. The van der Waals surface area contributed by atoms with Crippen LogP contribution in [0.25, 0.3) is 5.69 Å². The van der Waals surface area contributed by atoms with Crippen LogP contribution in [0.15, 0.2) is 59.9 Å². The lowest BCUT2D eigenvalue weighted by Gasteiger charge is -2.13. The van der Waals surface area contributed by atoms with Crippen LogP contribution in [0.2, 0.25) is 0 Å². The molecule has 1 N–H and O–H groups in total. The van der Waals surface area contributed by atoms with Crippen molar-refractivity contribution < 1.29 is 9.53 Å². The molecule has 4 aromatic rings. The highest BCUT2D eigenvalue weighted by Gasteiger charge is 2.17. The second kappa shape index (κ2) is 11.0. The van der Waals surface area contributed by atoms with E-state index in [0.29, 0.717) is 17.5 Å². The van der Waals surface area contributed by atoms with E-state index >= 15 is 0 Å². The van der Waals surface area contributed by atoms with Crippen LogP contribution in [0.3, 0.4) is 0 Å². The Morgan fingerprint density at radius 2 is 1.79 bits per heavy atom. The number of benzene rings is 2. The lowest BCUT2D eigenvalue weighted by atomic mass is 10.0. The molecule has 0 aliphatic rings. The smallest absolute Gasteiger partial charge is 0.235 e. The number of ether oxygens (including phenoxy) is 1. The fourth-order valence-corrected chi connectivity index (χ4v) is 4.35. The lowest BCUT2D eigenvalue weighted by Crippen LogP contribution is -2.18. The van der Waals surface area contributed by atoms with Crippen LogP contribution < -0.4 is 10.1 Å².